The fourth-order valence-electron chi connectivity index (χ4n) is 1.98. The first-order chi connectivity index (χ1) is 10.3. The second-order valence-electron chi connectivity index (χ2n) is 5.05. The summed E-state index contributed by atoms with van der Waals surface area (Å²) < 4.78 is 26.6. The molecule has 1 N–H and O–H groups in total. The van der Waals surface area contributed by atoms with Crippen LogP contribution in [-0.2, 0) is 10.0 Å². The Bertz CT molecular complexity index is 770. The second kappa shape index (κ2) is 6.19. The summed E-state index contributed by atoms with van der Waals surface area (Å²) in [6.45, 7) is 3.18. The summed E-state index contributed by atoms with van der Waals surface area (Å²) in [5.41, 5.74) is 0.816. The Morgan fingerprint density at radius 3 is 2.14 bits per heavy atom. The molecule has 0 amide bonds. The van der Waals surface area contributed by atoms with Crippen LogP contribution >= 0.6 is 0 Å². The van der Waals surface area contributed by atoms with Crippen molar-refractivity contribution in [2.75, 3.05) is 4.31 Å². The average molecular weight is 319 g/mol. The summed E-state index contributed by atoms with van der Waals surface area (Å²) in [7, 11) is -3.65. The zero-order valence-electron chi connectivity index (χ0n) is 12.3. The molecule has 0 radical (unpaired) electrons. The molecular formula is C16H17NO4S. The maximum Gasteiger partial charge on any atom is 0.335 e. The van der Waals surface area contributed by atoms with Crippen LogP contribution in [0.25, 0.3) is 0 Å². The van der Waals surface area contributed by atoms with E-state index in [0.717, 1.165) is 0 Å². The van der Waals surface area contributed by atoms with Crippen LogP contribution in [0, 0.1) is 0 Å². The number of hydrogen-bond donors (Lipinski definition) is 1. The molecule has 0 fully saturated rings. The highest BCUT2D eigenvalue weighted by atomic mass is 32.2. The molecule has 0 aliphatic carbocycles. The van der Waals surface area contributed by atoms with E-state index in [1.807, 2.05) is 0 Å². The smallest absolute Gasteiger partial charge is 0.335 e. The Kier molecular flexibility index (Phi) is 4.51. The van der Waals surface area contributed by atoms with Crippen molar-refractivity contribution in [2.45, 2.75) is 19.1 Å². The minimum atomic E-state index is -3.65. The number of carboxylic acid groups (broad SMARTS) is 1. The molecule has 2 aromatic carbocycles. The van der Waals surface area contributed by atoms with Crippen LogP contribution in [0.4, 0.5) is 11.4 Å². The molecule has 0 bridgehead atoms. The first-order valence-electron chi connectivity index (χ1n) is 6.76. The topological polar surface area (TPSA) is 74.7 Å². The molecule has 0 atom stereocenters. The van der Waals surface area contributed by atoms with Gasteiger partial charge in [-0.3, -0.25) is 0 Å². The van der Waals surface area contributed by atoms with Gasteiger partial charge in [-0.05, 0) is 44.2 Å². The van der Waals surface area contributed by atoms with Crippen molar-refractivity contribution in [2.24, 2.45) is 0 Å². The highest BCUT2D eigenvalue weighted by Gasteiger charge is 2.28. The van der Waals surface area contributed by atoms with E-state index >= 15 is 0 Å². The van der Waals surface area contributed by atoms with E-state index < -0.39 is 21.2 Å². The van der Waals surface area contributed by atoms with Crippen molar-refractivity contribution in [3.63, 3.8) is 0 Å². The van der Waals surface area contributed by atoms with Crippen molar-refractivity contribution in [1.29, 1.82) is 0 Å². The summed E-state index contributed by atoms with van der Waals surface area (Å²) in [6.07, 6.45) is 0. The molecule has 0 spiro atoms. The van der Waals surface area contributed by atoms with Gasteiger partial charge < -0.3 is 5.11 Å². The van der Waals surface area contributed by atoms with Crippen LogP contribution in [0.1, 0.15) is 24.2 Å². The third-order valence-electron chi connectivity index (χ3n) is 3.17. The highest BCUT2D eigenvalue weighted by molar-refractivity contribution is 7.93. The molecule has 116 valence electrons. The van der Waals surface area contributed by atoms with E-state index in [1.165, 1.54) is 22.5 Å². The first kappa shape index (κ1) is 16.0. The van der Waals surface area contributed by atoms with E-state index in [9.17, 15) is 13.2 Å². The number of para-hydroxylation sites is 1. The van der Waals surface area contributed by atoms with Gasteiger partial charge in [0.05, 0.1) is 22.2 Å². The summed E-state index contributed by atoms with van der Waals surface area (Å²) in [6, 6.07) is 14.5. The quantitative estimate of drug-likeness (QED) is 0.918. The van der Waals surface area contributed by atoms with Gasteiger partial charge in [-0.25, -0.2) is 17.5 Å². The Labute approximate surface area is 129 Å². The van der Waals surface area contributed by atoms with Gasteiger partial charge in [0.25, 0.3) is 0 Å². The molecule has 0 heterocycles. The van der Waals surface area contributed by atoms with Crippen LogP contribution in [0.15, 0.2) is 54.6 Å². The largest absolute Gasteiger partial charge is 0.478 e. The molecule has 0 saturated heterocycles. The van der Waals surface area contributed by atoms with Gasteiger partial charge in [-0.2, -0.15) is 0 Å². The van der Waals surface area contributed by atoms with Gasteiger partial charge >= 0.3 is 5.97 Å². The van der Waals surface area contributed by atoms with Crippen molar-refractivity contribution in [1.82, 2.24) is 0 Å². The minimum Gasteiger partial charge on any atom is -0.478 e. The molecule has 0 saturated carbocycles. The molecular weight excluding hydrogens is 302 g/mol. The number of benzene rings is 2. The molecule has 2 rings (SSSR count). The number of carboxylic acids is 1. The maximum absolute atomic E-state index is 12.7. The average Bonchev–Trinajstić information content (AvgIpc) is 2.48. The predicted octanol–water partition coefficient (Wildman–Crippen LogP) is 3.26. The number of aromatic carboxylic acids is 1. The molecule has 5 nitrogen and oxygen atoms in total. The molecule has 0 aliphatic heterocycles. The molecule has 0 aliphatic rings. The SMILES string of the molecule is CC(C)S(=O)(=O)N(c1ccccc1)c1cccc(C(=O)O)c1. The Balaban J connectivity index is 2.65. The van der Waals surface area contributed by atoms with Gasteiger partial charge in [0, 0.05) is 0 Å². The van der Waals surface area contributed by atoms with Crippen LogP contribution in [0.3, 0.4) is 0 Å². The summed E-state index contributed by atoms with van der Waals surface area (Å²) >= 11 is 0. The Hall–Kier alpha value is -2.34. The lowest BCUT2D eigenvalue weighted by atomic mass is 10.2. The molecule has 2 aromatic rings. The molecule has 6 heteroatoms. The Morgan fingerprint density at radius 2 is 1.59 bits per heavy atom. The predicted molar refractivity (Wildman–Crippen MR) is 86.0 cm³/mol. The zero-order valence-corrected chi connectivity index (χ0v) is 13.1. The summed E-state index contributed by atoms with van der Waals surface area (Å²) in [5.74, 6) is -1.10. The molecule has 22 heavy (non-hydrogen) atoms. The number of carbonyl (C=O) groups is 1. The van der Waals surface area contributed by atoms with Crippen molar-refractivity contribution >= 4 is 27.4 Å². The third kappa shape index (κ3) is 3.12. The van der Waals surface area contributed by atoms with Crippen molar-refractivity contribution < 1.29 is 18.3 Å². The lowest BCUT2D eigenvalue weighted by Gasteiger charge is -2.26. The summed E-state index contributed by atoms with van der Waals surface area (Å²) in [4.78, 5) is 11.1. The van der Waals surface area contributed by atoms with Crippen LogP contribution in [-0.4, -0.2) is 24.7 Å². The number of sulfonamides is 1. The van der Waals surface area contributed by atoms with E-state index in [2.05, 4.69) is 0 Å². The van der Waals surface area contributed by atoms with Gasteiger partial charge in [-0.1, -0.05) is 24.3 Å². The monoisotopic (exact) mass is 319 g/mol. The maximum atomic E-state index is 12.7. The van der Waals surface area contributed by atoms with Crippen LogP contribution in [0.2, 0.25) is 0 Å². The number of nitrogens with zero attached hydrogens (tertiary/aromatic N) is 1. The molecule has 0 unspecified atom stereocenters. The normalized spacial score (nSPS) is 11.4. The lowest BCUT2D eigenvalue weighted by Crippen LogP contribution is -2.32. The lowest BCUT2D eigenvalue weighted by molar-refractivity contribution is 0.0697. The fourth-order valence-corrected chi connectivity index (χ4v) is 3.23. The van der Waals surface area contributed by atoms with Crippen LogP contribution in [0.5, 0.6) is 0 Å². The van der Waals surface area contributed by atoms with E-state index in [1.54, 1.807) is 50.2 Å². The van der Waals surface area contributed by atoms with Gasteiger partial charge in [0.15, 0.2) is 0 Å². The summed E-state index contributed by atoms with van der Waals surface area (Å²) in [5, 5.41) is 8.47. The molecule has 0 aromatic heterocycles. The third-order valence-corrected chi connectivity index (χ3v) is 5.29. The standard InChI is InChI=1S/C16H17NO4S/c1-12(2)22(20,21)17(14-8-4-3-5-9-14)15-10-6-7-13(11-15)16(18)19/h3-12H,1-2H3,(H,18,19). The van der Waals surface area contributed by atoms with Crippen LogP contribution < -0.4 is 4.31 Å². The highest BCUT2D eigenvalue weighted by Crippen LogP contribution is 2.31. The van der Waals surface area contributed by atoms with E-state index in [0.29, 0.717) is 11.4 Å². The fraction of sp³-hybridized carbons (Fsp3) is 0.188. The number of hydrogen-bond acceptors (Lipinski definition) is 3. The zero-order chi connectivity index (χ0) is 16.3. The van der Waals surface area contributed by atoms with Gasteiger partial charge in [0.1, 0.15) is 0 Å². The van der Waals surface area contributed by atoms with E-state index in [4.69, 9.17) is 5.11 Å². The van der Waals surface area contributed by atoms with Crippen molar-refractivity contribution in [3.05, 3.63) is 60.2 Å². The first-order valence-corrected chi connectivity index (χ1v) is 8.27. The number of anilines is 2. The van der Waals surface area contributed by atoms with Gasteiger partial charge in [-0.15, -0.1) is 0 Å². The Morgan fingerprint density at radius 1 is 1.00 bits per heavy atom. The van der Waals surface area contributed by atoms with Gasteiger partial charge in [0.2, 0.25) is 10.0 Å². The minimum absolute atomic E-state index is 0.0392. The second-order valence-corrected chi connectivity index (χ2v) is 7.39. The van der Waals surface area contributed by atoms with E-state index in [-0.39, 0.29) is 5.56 Å². The number of rotatable bonds is 5. The van der Waals surface area contributed by atoms with Crippen molar-refractivity contribution in [3.8, 4) is 0 Å².